The molecule has 1 saturated carbocycles. The molecule has 3 heterocycles. The molecule has 3 N–H and O–H groups in total. The molecule has 166 valence electrons. The van der Waals surface area contributed by atoms with Gasteiger partial charge in [-0.3, -0.25) is 5.10 Å². The van der Waals surface area contributed by atoms with Gasteiger partial charge >= 0.3 is 0 Å². The van der Waals surface area contributed by atoms with Crippen molar-refractivity contribution in [1.29, 1.82) is 0 Å². The van der Waals surface area contributed by atoms with E-state index in [2.05, 4.69) is 35.6 Å². The summed E-state index contributed by atoms with van der Waals surface area (Å²) in [6, 6.07) is 9.09. The summed E-state index contributed by atoms with van der Waals surface area (Å²) in [7, 11) is 1.83. The third kappa shape index (κ3) is 3.45. The van der Waals surface area contributed by atoms with Crippen molar-refractivity contribution in [3.8, 4) is 22.6 Å². The van der Waals surface area contributed by atoms with Crippen LogP contribution >= 0.6 is 0 Å². The van der Waals surface area contributed by atoms with Gasteiger partial charge in [0.25, 0.3) is 0 Å². The average Bonchev–Trinajstić information content (AvgIpc) is 3.19. The van der Waals surface area contributed by atoms with E-state index in [1.807, 2.05) is 38.4 Å². The Morgan fingerprint density at radius 3 is 2.82 bits per heavy atom. The van der Waals surface area contributed by atoms with Gasteiger partial charge in [-0.05, 0) is 48.6 Å². The first-order valence-electron chi connectivity index (χ1n) is 11.1. The topological polar surface area (TPSA) is 100 Å². The smallest absolute Gasteiger partial charge is 0.225 e. The maximum Gasteiger partial charge on any atom is 0.225 e. The molecule has 5 aromatic rings. The number of nitrogens with one attached hydrogen (secondary N) is 3. The number of fused-ring (bicyclic) bond motifs is 1. The van der Waals surface area contributed by atoms with Gasteiger partial charge in [-0.2, -0.15) is 10.1 Å². The van der Waals surface area contributed by atoms with Crippen LogP contribution in [0.25, 0.3) is 33.5 Å². The standard InChI is InChI=1S/C24H23FN8/c1-3-21-26-12-20(28-21)15-7-6-14(10-17(15)25)23-30-24(33(2)32-23)29-19-9-8-18-16(11-27-31-18)22(19)13-4-5-13/h6-13H,3-5H2,1-2H3,(H,26,28)(H,27,31)(H,29,30,32). The van der Waals surface area contributed by atoms with E-state index in [0.717, 1.165) is 28.8 Å². The van der Waals surface area contributed by atoms with Gasteiger partial charge in [0.15, 0.2) is 5.82 Å². The first kappa shape index (κ1) is 19.7. The van der Waals surface area contributed by atoms with Crippen LogP contribution in [0.15, 0.2) is 42.7 Å². The van der Waals surface area contributed by atoms with Crippen molar-refractivity contribution < 1.29 is 4.39 Å². The highest BCUT2D eigenvalue weighted by Gasteiger charge is 2.29. The Bertz CT molecular complexity index is 1470. The van der Waals surface area contributed by atoms with E-state index in [4.69, 9.17) is 0 Å². The second-order valence-electron chi connectivity index (χ2n) is 8.43. The second kappa shape index (κ2) is 7.54. The quantitative estimate of drug-likeness (QED) is 0.341. The molecule has 0 spiro atoms. The number of nitrogens with zero attached hydrogens (tertiary/aromatic N) is 5. The molecule has 0 aliphatic heterocycles. The van der Waals surface area contributed by atoms with Crippen LogP contribution < -0.4 is 5.32 Å². The summed E-state index contributed by atoms with van der Waals surface area (Å²) in [6.45, 7) is 2.00. The number of anilines is 2. The molecule has 1 aliphatic carbocycles. The molecule has 33 heavy (non-hydrogen) atoms. The minimum Gasteiger partial charge on any atom is -0.342 e. The van der Waals surface area contributed by atoms with Crippen molar-refractivity contribution in [2.45, 2.75) is 32.1 Å². The summed E-state index contributed by atoms with van der Waals surface area (Å²) in [5.41, 5.74) is 5.04. The van der Waals surface area contributed by atoms with Gasteiger partial charge in [-0.1, -0.05) is 13.0 Å². The van der Waals surface area contributed by atoms with E-state index in [-0.39, 0.29) is 5.82 Å². The number of hydrogen-bond donors (Lipinski definition) is 3. The zero-order chi connectivity index (χ0) is 22.5. The van der Waals surface area contributed by atoms with Crippen LogP contribution in [0.1, 0.15) is 37.1 Å². The SMILES string of the molecule is CCc1ncc(-c2ccc(-c3nc(Nc4ccc5[nH]ncc5c4C4CC4)n(C)n3)cc2F)[nH]1. The molecule has 2 aromatic carbocycles. The molecule has 1 fully saturated rings. The van der Waals surface area contributed by atoms with Crippen LogP contribution in [0.2, 0.25) is 0 Å². The monoisotopic (exact) mass is 442 g/mol. The number of benzene rings is 2. The van der Waals surface area contributed by atoms with Crippen molar-refractivity contribution in [3.63, 3.8) is 0 Å². The zero-order valence-electron chi connectivity index (χ0n) is 18.4. The Balaban J connectivity index is 1.32. The summed E-state index contributed by atoms with van der Waals surface area (Å²) in [4.78, 5) is 12.1. The minimum atomic E-state index is -0.345. The highest BCUT2D eigenvalue weighted by Crippen LogP contribution is 2.47. The molecule has 6 rings (SSSR count). The van der Waals surface area contributed by atoms with Crippen molar-refractivity contribution in [2.75, 3.05) is 5.32 Å². The Labute approximate surface area is 189 Å². The predicted octanol–water partition coefficient (Wildman–Crippen LogP) is 5.07. The lowest BCUT2D eigenvalue weighted by molar-refractivity contribution is 0.631. The molecule has 3 aromatic heterocycles. The Morgan fingerprint density at radius 1 is 1.18 bits per heavy atom. The van der Waals surface area contributed by atoms with Gasteiger partial charge in [0.2, 0.25) is 5.95 Å². The fourth-order valence-electron chi connectivity index (χ4n) is 4.25. The first-order chi connectivity index (χ1) is 16.1. The molecule has 8 nitrogen and oxygen atoms in total. The number of aromatic nitrogens is 7. The molecule has 1 aliphatic rings. The molecule has 0 unspecified atom stereocenters. The van der Waals surface area contributed by atoms with Crippen LogP contribution in [0.5, 0.6) is 0 Å². The van der Waals surface area contributed by atoms with Crippen LogP contribution in [-0.4, -0.2) is 34.9 Å². The van der Waals surface area contributed by atoms with Gasteiger partial charge in [0.1, 0.15) is 11.6 Å². The number of rotatable bonds is 6. The van der Waals surface area contributed by atoms with E-state index in [9.17, 15) is 4.39 Å². The highest BCUT2D eigenvalue weighted by molar-refractivity contribution is 5.89. The Hall–Kier alpha value is -4.01. The predicted molar refractivity (Wildman–Crippen MR) is 125 cm³/mol. The van der Waals surface area contributed by atoms with Gasteiger partial charge in [0, 0.05) is 35.7 Å². The largest absolute Gasteiger partial charge is 0.342 e. The highest BCUT2D eigenvalue weighted by atomic mass is 19.1. The van der Waals surface area contributed by atoms with E-state index < -0.39 is 0 Å². The van der Waals surface area contributed by atoms with E-state index in [1.54, 1.807) is 16.9 Å². The van der Waals surface area contributed by atoms with Gasteiger partial charge < -0.3 is 10.3 Å². The molecular formula is C24H23FN8. The van der Waals surface area contributed by atoms with Gasteiger partial charge in [-0.15, -0.1) is 5.10 Å². The van der Waals surface area contributed by atoms with Crippen molar-refractivity contribution in [3.05, 3.63) is 59.9 Å². The van der Waals surface area contributed by atoms with E-state index in [0.29, 0.717) is 34.5 Å². The number of aromatic amines is 2. The molecule has 0 bridgehead atoms. The third-order valence-electron chi connectivity index (χ3n) is 6.14. The van der Waals surface area contributed by atoms with Crippen LogP contribution in [-0.2, 0) is 13.5 Å². The third-order valence-corrected chi connectivity index (χ3v) is 6.14. The maximum atomic E-state index is 14.9. The number of H-pyrrole nitrogens is 2. The molecule has 9 heteroatoms. The lowest BCUT2D eigenvalue weighted by Gasteiger charge is -2.11. The van der Waals surface area contributed by atoms with Crippen molar-refractivity contribution in [1.82, 2.24) is 34.9 Å². The molecular weight excluding hydrogens is 419 g/mol. The molecule has 0 atom stereocenters. The fraction of sp³-hybridized carbons (Fsp3) is 0.250. The number of aryl methyl sites for hydroxylation is 2. The van der Waals surface area contributed by atoms with E-state index >= 15 is 0 Å². The van der Waals surface area contributed by atoms with Crippen molar-refractivity contribution >= 4 is 22.5 Å². The number of halogens is 1. The Kier molecular flexibility index (Phi) is 4.49. The lowest BCUT2D eigenvalue weighted by atomic mass is 10.0. The Morgan fingerprint density at radius 2 is 2.06 bits per heavy atom. The van der Waals surface area contributed by atoms with Gasteiger partial charge in [0.05, 0.1) is 23.6 Å². The van der Waals surface area contributed by atoms with Crippen molar-refractivity contribution in [2.24, 2.45) is 7.05 Å². The van der Waals surface area contributed by atoms with E-state index in [1.165, 1.54) is 24.5 Å². The van der Waals surface area contributed by atoms with Crippen LogP contribution in [0.4, 0.5) is 16.0 Å². The lowest BCUT2D eigenvalue weighted by Crippen LogP contribution is -2.02. The van der Waals surface area contributed by atoms with Gasteiger partial charge in [-0.25, -0.2) is 14.1 Å². The number of hydrogen-bond acceptors (Lipinski definition) is 5. The van der Waals surface area contributed by atoms with Crippen LogP contribution in [0.3, 0.4) is 0 Å². The minimum absolute atomic E-state index is 0.345. The van der Waals surface area contributed by atoms with Crippen LogP contribution in [0, 0.1) is 5.82 Å². The summed E-state index contributed by atoms with van der Waals surface area (Å²) >= 11 is 0. The zero-order valence-corrected chi connectivity index (χ0v) is 18.4. The normalized spacial score (nSPS) is 13.7. The second-order valence-corrected chi connectivity index (χ2v) is 8.43. The fourth-order valence-corrected chi connectivity index (χ4v) is 4.25. The maximum absolute atomic E-state index is 14.9. The first-order valence-corrected chi connectivity index (χ1v) is 11.1. The summed E-state index contributed by atoms with van der Waals surface area (Å²) < 4.78 is 16.6. The molecule has 0 radical (unpaired) electrons. The molecule has 0 saturated heterocycles. The summed E-state index contributed by atoms with van der Waals surface area (Å²) in [6.07, 6.45) is 6.65. The summed E-state index contributed by atoms with van der Waals surface area (Å²) in [5, 5.41) is 16.3. The molecule has 0 amide bonds. The number of imidazole rings is 1. The summed E-state index contributed by atoms with van der Waals surface area (Å²) in [5.74, 6) is 2.07. The average molecular weight is 443 g/mol.